The van der Waals surface area contributed by atoms with Crippen LogP contribution in [0.3, 0.4) is 0 Å². The number of amides is 3. The van der Waals surface area contributed by atoms with E-state index in [0.29, 0.717) is 11.3 Å². The highest BCUT2D eigenvalue weighted by Gasteiger charge is 2.42. The summed E-state index contributed by atoms with van der Waals surface area (Å²) in [6.07, 6.45) is 7.37. The number of esters is 1. The zero-order valence-electron chi connectivity index (χ0n) is 16.4. The monoisotopic (exact) mass is 415 g/mol. The van der Waals surface area contributed by atoms with Crippen LogP contribution < -0.4 is 10.6 Å². The van der Waals surface area contributed by atoms with Gasteiger partial charge in [0, 0.05) is 10.9 Å². The fraction of sp³-hybridized carbons (Fsp3) is 0.476. The van der Waals surface area contributed by atoms with Crippen molar-refractivity contribution < 1.29 is 19.1 Å². The summed E-state index contributed by atoms with van der Waals surface area (Å²) in [4.78, 5) is 40.2. The molecule has 1 aliphatic carbocycles. The minimum Gasteiger partial charge on any atom is -0.456 e. The summed E-state index contributed by atoms with van der Waals surface area (Å²) in [6.45, 7) is -0.104. The first-order chi connectivity index (χ1) is 14.1. The van der Waals surface area contributed by atoms with Gasteiger partial charge in [0.1, 0.15) is 13.2 Å². The largest absolute Gasteiger partial charge is 0.456 e. The van der Waals surface area contributed by atoms with E-state index in [9.17, 15) is 14.4 Å². The smallest absolute Gasteiger partial charge is 0.338 e. The lowest BCUT2D eigenvalue weighted by Crippen LogP contribution is -2.51. The summed E-state index contributed by atoms with van der Waals surface area (Å²) >= 11 is 1.62. The van der Waals surface area contributed by atoms with Gasteiger partial charge in [-0.3, -0.25) is 9.69 Å². The average Bonchev–Trinajstić information content (AvgIpc) is 3.12. The summed E-state index contributed by atoms with van der Waals surface area (Å²) in [5.74, 6) is -0.655. The number of nitrogens with zero attached hydrogens (tertiary/aromatic N) is 1. The standard InChI is InChI=1S/C21H25N3O4S/c1-29-15-9-7-13(8-10-15)19-18-16(12-28-20(18)26)24(21(27)23-19)11-17(25)22-14-5-3-2-4-6-14/h7-10,14,19H,2-6,11-12H2,1H3,(H,22,25)(H,23,27)/t19-/m1/s1. The minimum absolute atomic E-state index is 0.0116. The van der Waals surface area contributed by atoms with Crippen molar-refractivity contribution in [2.45, 2.75) is 49.1 Å². The van der Waals surface area contributed by atoms with E-state index in [1.54, 1.807) is 11.8 Å². The van der Waals surface area contributed by atoms with Crippen LogP contribution in [0.4, 0.5) is 4.79 Å². The van der Waals surface area contributed by atoms with E-state index < -0.39 is 12.0 Å². The van der Waals surface area contributed by atoms with Gasteiger partial charge in [0.25, 0.3) is 0 Å². The zero-order chi connectivity index (χ0) is 20.4. The molecule has 0 radical (unpaired) electrons. The van der Waals surface area contributed by atoms with Crippen LogP contribution in [-0.4, -0.2) is 48.3 Å². The van der Waals surface area contributed by atoms with Crippen molar-refractivity contribution in [3.8, 4) is 0 Å². The summed E-state index contributed by atoms with van der Waals surface area (Å²) < 4.78 is 5.22. The number of ether oxygens (including phenoxy) is 1. The SMILES string of the molecule is CSc1ccc([C@H]2NC(=O)N(CC(=O)NC3CCCCC3)C3=C2C(=O)OC3)cc1. The first-order valence-electron chi connectivity index (χ1n) is 9.98. The number of thioether (sulfide) groups is 1. The molecule has 3 amide bonds. The Bertz CT molecular complexity index is 846. The summed E-state index contributed by atoms with van der Waals surface area (Å²) in [7, 11) is 0. The van der Waals surface area contributed by atoms with Crippen LogP contribution in [0.25, 0.3) is 0 Å². The van der Waals surface area contributed by atoms with Crippen molar-refractivity contribution in [3.05, 3.63) is 41.1 Å². The molecule has 8 heteroatoms. The normalized spacial score (nSPS) is 22.2. The van der Waals surface area contributed by atoms with Crippen molar-refractivity contribution in [1.82, 2.24) is 15.5 Å². The second-order valence-electron chi connectivity index (χ2n) is 7.58. The predicted octanol–water partition coefficient (Wildman–Crippen LogP) is 2.73. The number of nitrogens with one attached hydrogen (secondary N) is 2. The Labute approximate surface area is 174 Å². The quantitative estimate of drug-likeness (QED) is 0.570. The molecule has 7 nitrogen and oxygen atoms in total. The second kappa shape index (κ2) is 8.49. The summed E-state index contributed by atoms with van der Waals surface area (Å²) in [5, 5.41) is 5.89. The van der Waals surface area contributed by atoms with Gasteiger partial charge in [-0.15, -0.1) is 11.8 Å². The molecule has 154 valence electrons. The molecule has 0 spiro atoms. The third kappa shape index (κ3) is 4.12. The average molecular weight is 416 g/mol. The molecule has 2 aliphatic heterocycles. The molecule has 2 heterocycles. The predicted molar refractivity (Wildman–Crippen MR) is 109 cm³/mol. The van der Waals surface area contributed by atoms with E-state index >= 15 is 0 Å². The van der Waals surface area contributed by atoms with Crippen LogP contribution in [-0.2, 0) is 14.3 Å². The summed E-state index contributed by atoms with van der Waals surface area (Å²) in [5.41, 5.74) is 1.71. The van der Waals surface area contributed by atoms with Gasteiger partial charge in [0.05, 0.1) is 17.3 Å². The fourth-order valence-electron chi connectivity index (χ4n) is 4.19. The second-order valence-corrected chi connectivity index (χ2v) is 8.46. The Kier molecular flexibility index (Phi) is 5.80. The molecule has 0 unspecified atom stereocenters. The van der Waals surface area contributed by atoms with E-state index in [1.807, 2.05) is 30.5 Å². The van der Waals surface area contributed by atoms with E-state index in [0.717, 1.165) is 36.1 Å². The lowest BCUT2D eigenvalue weighted by Gasteiger charge is -2.33. The highest BCUT2D eigenvalue weighted by molar-refractivity contribution is 7.98. The van der Waals surface area contributed by atoms with Gasteiger partial charge < -0.3 is 15.4 Å². The maximum absolute atomic E-state index is 12.8. The van der Waals surface area contributed by atoms with Gasteiger partial charge >= 0.3 is 12.0 Å². The summed E-state index contributed by atoms with van der Waals surface area (Å²) in [6, 6.07) is 6.92. The topological polar surface area (TPSA) is 87.7 Å². The number of benzene rings is 1. The molecule has 1 fully saturated rings. The number of hydrogen-bond acceptors (Lipinski definition) is 5. The molecule has 4 rings (SSSR count). The first kappa shape index (κ1) is 19.8. The molecule has 29 heavy (non-hydrogen) atoms. The van der Waals surface area contributed by atoms with Gasteiger partial charge in [0.2, 0.25) is 5.91 Å². The molecule has 2 N–H and O–H groups in total. The lowest BCUT2D eigenvalue weighted by molar-refractivity contribution is -0.136. The molecule has 3 aliphatic rings. The van der Waals surface area contributed by atoms with Crippen LogP contribution in [0.2, 0.25) is 0 Å². The van der Waals surface area contributed by atoms with E-state index in [2.05, 4.69) is 10.6 Å². The lowest BCUT2D eigenvalue weighted by atomic mass is 9.95. The Morgan fingerprint density at radius 2 is 1.93 bits per heavy atom. The third-order valence-corrected chi connectivity index (χ3v) is 6.46. The number of urea groups is 1. The van der Waals surface area contributed by atoms with Gasteiger partial charge in [-0.05, 0) is 36.8 Å². The molecule has 0 saturated heterocycles. The van der Waals surface area contributed by atoms with Crippen molar-refractivity contribution in [3.63, 3.8) is 0 Å². The van der Waals surface area contributed by atoms with Crippen LogP contribution in [0.15, 0.2) is 40.4 Å². The molecular weight excluding hydrogens is 390 g/mol. The van der Waals surface area contributed by atoms with Crippen molar-refractivity contribution in [1.29, 1.82) is 0 Å². The van der Waals surface area contributed by atoms with Crippen molar-refractivity contribution in [2.24, 2.45) is 0 Å². The van der Waals surface area contributed by atoms with Crippen LogP contribution >= 0.6 is 11.8 Å². The Hall–Kier alpha value is -2.48. The van der Waals surface area contributed by atoms with E-state index in [4.69, 9.17) is 4.74 Å². The van der Waals surface area contributed by atoms with Gasteiger partial charge in [0.15, 0.2) is 0 Å². The molecule has 1 saturated carbocycles. The minimum atomic E-state index is -0.568. The Morgan fingerprint density at radius 3 is 2.62 bits per heavy atom. The van der Waals surface area contributed by atoms with Crippen LogP contribution in [0.1, 0.15) is 43.7 Å². The fourth-order valence-corrected chi connectivity index (χ4v) is 4.60. The molecule has 1 atom stereocenters. The Balaban J connectivity index is 1.54. The van der Waals surface area contributed by atoms with E-state index in [1.165, 1.54) is 11.3 Å². The highest BCUT2D eigenvalue weighted by atomic mass is 32.2. The molecule has 0 bridgehead atoms. The molecule has 0 aromatic heterocycles. The number of rotatable bonds is 5. The number of carbonyl (C=O) groups excluding carboxylic acids is 3. The maximum Gasteiger partial charge on any atom is 0.338 e. The van der Waals surface area contributed by atoms with Gasteiger partial charge in [-0.2, -0.15) is 0 Å². The number of hydrogen-bond donors (Lipinski definition) is 2. The zero-order valence-corrected chi connectivity index (χ0v) is 17.2. The highest BCUT2D eigenvalue weighted by Crippen LogP contribution is 2.35. The third-order valence-electron chi connectivity index (χ3n) is 5.72. The van der Waals surface area contributed by atoms with Gasteiger partial charge in [-0.1, -0.05) is 31.4 Å². The number of carbonyl (C=O) groups is 3. The maximum atomic E-state index is 12.8. The Morgan fingerprint density at radius 1 is 1.21 bits per heavy atom. The molecule has 1 aromatic carbocycles. The molecular formula is C21H25N3O4S. The van der Waals surface area contributed by atoms with Crippen LogP contribution in [0.5, 0.6) is 0 Å². The first-order valence-corrected chi connectivity index (χ1v) is 11.2. The number of cyclic esters (lactones) is 1. The van der Waals surface area contributed by atoms with Crippen molar-refractivity contribution in [2.75, 3.05) is 19.4 Å². The van der Waals surface area contributed by atoms with Crippen LogP contribution in [0, 0.1) is 0 Å². The van der Waals surface area contributed by atoms with E-state index in [-0.39, 0.29) is 31.1 Å². The van der Waals surface area contributed by atoms with Crippen molar-refractivity contribution >= 4 is 29.7 Å². The molecule has 1 aromatic rings. The van der Waals surface area contributed by atoms with Gasteiger partial charge in [-0.25, -0.2) is 9.59 Å².